The highest BCUT2D eigenvalue weighted by molar-refractivity contribution is 8.01. The van der Waals surface area contributed by atoms with E-state index in [0.29, 0.717) is 10.7 Å². The van der Waals surface area contributed by atoms with Gasteiger partial charge in [-0.1, -0.05) is 35.3 Å². The van der Waals surface area contributed by atoms with Gasteiger partial charge >= 0.3 is 5.97 Å². The van der Waals surface area contributed by atoms with Crippen molar-refractivity contribution in [3.63, 3.8) is 0 Å². The van der Waals surface area contributed by atoms with Gasteiger partial charge in [-0.2, -0.15) is 0 Å². The van der Waals surface area contributed by atoms with E-state index in [1.54, 1.807) is 0 Å². The van der Waals surface area contributed by atoms with Gasteiger partial charge in [0.05, 0.1) is 21.5 Å². The molecule has 1 heterocycles. The molecule has 0 aliphatic carbocycles. The van der Waals surface area contributed by atoms with Crippen LogP contribution in [0.2, 0.25) is 10.0 Å². The molecule has 0 saturated heterocycles. The molecule has 3 aromatic rings. The fourth-order valence-corrected chi connectivity index (χ4v) is 4.93. The van der Waals surface area contributed by atoms with Crippen molar-refractivity contribution >= 4 is 69.9 Å². The molecule has 3 aromatic carbocycles. The SMILES string of the molecule is O=C(CC1Sc2ccccc2NC1=O)Nc1ccc(C(=O)OCC(=O)c2ccc(Cl)cc2Cl)cc1. The van der Waals surface area contributed by atoms with E-state index in [9.17, 15) is 19.2 Å². The Balaban J connectivity index is 1.29. The molecule has 0 saturated carbocycles. The Morgan fingerprint density at radius 1 is 1.00 bits per heavy atom. The Labute approximate surface area is 215 Å². The van der Waals surface area contributed by atoms with Gasteiger partial charge in [-0.3, -0.25) is 14.4 Å². The van der Waals surface area contributed by atoms with Crippen LogP contribution in [0.25, 0.3) is 0 Å². The molecular weight excluding hydrogens is 511 g/mol. The van der Waals surface area contributed by atoms with Crippen LogP contribution >= 0.6 is 35.0 Å². The highest BCUT2D eigenvalue weighted by atomic mass is 35.5. The fourth-order valence-electron chi connectivity index (χ4n) is 3.30. The first-order chi connectivity index (χ1) is 16.8. The third-order valence-electron chi connectivity index (χ3n) is 5.05. The van der Waals surface area contributed by atoms with Crippen LogP contribution in [0, 0.1) is 0 Å². The molecule has 178 valence electrons. The van der Waals surface area contributed by atoms with Crippen molar-refractivity contribution in [1.29, 1.82) is 0 Å². The summed E-state index contributed by atoms with van der Waals surface area (Å²) < 4.78 is 5.08. The number of Topliss-reactive ketones (excluding diaryl/α,β-unsaturated/α-hetero) is 1. The second-order valence-corrected chi connectivity index (χ2v) is 9.63. The number of carbonyl (C=O) groups excluding carboxylic acids is 4. The second-order valence-electron chi connectivity index (χ2n) is 7.55. The van der Waals surface area contributed by atoms with Crippen LogP contribution in [0.4, 0.5) is 11.4 Å². The van der Waals surface area contributed by atoms with Gasteiger partial charge in [-0.25, -0.2) is 4.79 Å². The number of rotatable bonds is 7. The number of halogens is 2. The Kier molecular flexibility index (Phi) is 7.75. The maximum atomic E-state index is 12.5. The number of carbonyl (C=O) groups is 4. The monoisotopic (exact) mass is 528 g/mol. The van der Waals surface area contributed by atoms with E-state index < -0.39 is 23.6 Å². The van der Waals surface area contributed by atoms with Crippen molar-refractivity contribution in [1.82, 2.24) is 0 Å². The van der Waals surface area contributed by atoms with Crippen molar-refractivity contribution < 1.29 is 23.9 Å². The van der Waals surface area contributed by atoms with E-state index in [1.165, 1.54) is 54.2 Å². The first-order valence-electron chi connectivity index (χ1n) is 10.4. The summed E-state index contributed by atoms with van der Waals surface area (Å²) in [5.41, 5.74) is 1.60. The average molecular weight is 529 g/mol. The molecule has 7 nitrogen and oxygen atoms in total. The first kappa shape index (κ1) is 24.8. The summed E-state index contributed by atoms with van der Waals surface area (Å²) in [7, 11) is 0. The molecule has 0 bridgehead atoms. The minimum Gasteiger partial charge on any atom is -0.454 e. The highest BCUT2D eigenvalue weighted by Gasteiger charge is 2.28. The molecule has 1 aliphatic rings. The Hall–Kier alpha value is -3.33. The Bertz CT molecular complexity index is 1310. The minimum absolute atomic E-state index is 0.00992. The number of thioether (sulfide) groups is 1. The molecule has 1 aliphatic heterocycles. The van der Waals surface area contributed by atoms with Crippen molar-refractivity contribution in [2.24, 2.45) is 0 Å². The zero-order valence-electron chi connectivity index (χ0n) is 18.0. The lowest BCUT2D eigenvalue weighted by atomic mass is 10.1. The third-order valence-corrected chi connectivity index (χ3v) is 6.87. The normalized spacial score (nSPS) is 14.5. The lowest BCUT2D eigenvalue weighted by Gasteiger charge is -2.23. The summed E-state index contributed by atoms with van der Waals surface area (Å²) >= 11 is 13.2. The summed E-state index contributed by atoms with van der Waals surface area (Å²) in [5.74, 6) is -1.72. The van der Waals surface area contributed by atoms with Crippen LogP contribution < -0.4 is 10.6 Å². The first-order valence-corrected chi connectivity index (χ1v) is 12.1. The standard InChI is InChI=1S/C25H18Cl2N2O5S/c26-15-7-10-17(18(27)11-15)20(30)13-34-25(33)14-5-8-16(9-6-14)28-23(31)12-22-24(32)29-19-3-1-2-4-21(19)35-22/h1-11,22H,12-13H2,(H,28,31)(H,29,32). The van der Waals surface area contributed by atoms with Gasteiger partial charge in [0.15, 0.2) is 6.61 Å². The molecule has 0 radical (unpaired) electrons. The smallest absolute Gasteiger partial charge is 0.338 e. The van der Waals surface area contributed by atoms with Crippen LogP contribution in [-0.2, 0) is 14.3 Å². The summed E-state index contributed by atoms with van der Waals surface area (Å²) in [4.78, 5) is 50.2. The number of para-hydroxylation sites is 1. The molecule has 1 unspecified atom stereocenters. The fraction of sp³-hybridized carbons (Fsp3) is 0.120. The second kappa shape index (κ2) is 10.9. The van der Waals surface area contributed by atoms with Gasteiger partial charge in [0.2, 0.25) is 17.6 Å². The highest BCUT2D eigenvalue weighted by Crippen LogP contribution is 2.36. The number of fused-ring (bicyclic) bond motifs is 1. The molecule has 2 N–H and O–H groups in total. The number of esters is 1. The van der Waals surface area contributed by atoms with Crippen LogP contribution in [0.3, 0.4) is 0 Å². The number of ether oxygens (including phenoxy) is 1. The van der Waals surface area contributed by atoms with Crippen LogP contribution in [-0.4, -0.2) is 35.4 Å². The number of anilines is 2. The summed E-state index contributed by atoms with van der Waals surface area (Å²) in [6.45, 7) is -0.483. The van der Waals surface area contributed by atoms with Gasteiger partial charge in [0, 0.05) is 27.6 Å². The maximum Gasteiger partial charge on any atom is 0.338 e. The molecule has 1 atom stereocenters. The lowest BCUT2D eigenvalue weighted by Crippen LogP contribution is -2.32. The molecule has 4 rings (SSSR count). The molecule has 0 spiro atoms. The zero-order valence-corrected chi connectivity index (χ0v) is 20.4. The molecule has 0 fully saturated rings. The average Bonchev–Trinajstić information content (AvgIpc) is 2.83. The summed E-state index contributed by atoms with van der Waals surface area (Å²) in [6, 6.07) is 17.8. The molecular formula is C25H18Cl2N2O5S. The van der Waals surface area contributed by atoms with E-state index >= 15 is 0 Å². The van der Waals surface area contributed by atoms with Crippen molar-refractivity contribution in [3.8, 4) is 0 Å². The number of hydrogen-bond donors (Lipinski definition) is 2. The molecule has 10 heteroatoms. The van der Waals surface area contributed by atoms with Gasteiger partial charge in [-0.15, -0.1) is 11.8 Å². The van der Waals surface area contributed by atoms with Crippen LogP contribution in [0.1, 0.15) is 27.1 Å². The van der Waals surface area contributed by atoms with E-state index in [2.05, 4.69) is 10.6 Å². The van der Waals surface area contributed by atoms with Crippen molar-refractivity contribution in [3.05, 3.63) is 87.9 Å². The number of hydrogen-bond acceptors (Lipinski definition) is 6. The largest absolute Gasteiger partial charge is 0.454 e. The Morgan fingerprint density at radius 3 is 2.49 bits per heavy atom. The Morgan fingerprint density at radius 2 is 1.74 bits per heavy atom. The van der Waals surface area contributed by atoms with Crippen LogP contribution in [0.15, 0.2) is 71.6 Å². The van der Waals surface area contributed by atoms with E-state index in [-0.39, 0.29) is 34.4 Å². The lowest BCUT2D eigenvalue weighted by molar-refractivity contribution is -0.120. The predicted molar refractivity (Wildman–Crippen MR) is 135 cm³/mol. The zero-order chi connectivity index (χ0) is 24.9. The van der Waals surface area contributed by atoms with E-state index in [1.807, 2.05) is 24.3 Å². The van der Waals surface area contributed by atoms with E-state index in [0.717, 1.165) is 10.6 Å². The van der Waals surface area contributed by atoms with E-state index in [4.69, 9.17) is 27.9 Å². The molecule has 0 aromatic heterocycles. The quantitative estimate of drug-likeness (QED) is 0.311. The van der Waals surface area contributed by atoms with Crippen molar-refractivity contribution in [2.75, 3.05) is 17.2 Å². The van der Waals surface area contributed by atoms with Crippen molar-refractivity contribution in [2.45, 2.75) is 16.6 Å². The molecule has 2 amide bonds. The van der Waals surface area contributed by atoms with Crippen LogP contribution in [0.5, 0.6) is 0 Å². The van der Waals surface area contributed by atoms with Gasteiger partial charge in [0.1, 0.15) is 0 Å². The maximum absolute atomic E-state index is 12.5. The van der Waals surface area contributed by atoms with Gasteiger partial charge in [0.25, 0.3) is 0 Å². The topological polar surface area (TPSA) is 102 Å². The van der Waals surface area contributed by atoms with Gasteiger partial charge in [-0.05, 0) is 54.6 Å². The van der Waals surface area contributed by atoms with Gasteiger partial charge < -0.3 is 15.4 Å². The predicted octanol–water partition coefficient (Wildman–Crippen LogP) is 5.47. The summed E-state index contributed by atoms with van der Waals surface area (Å²) in [6.07, 6.45) is -0.00992. The number of benzene rings is 3. The number of amides is 2. The number of nitrogens with one attached hydrogen (secondary N) is 2. The molecule has 35 heavy (non-hydrogen) atoms. The summed E-state index contributed by atoms with van der Waals surface area (Å²) in [5, 5.41) is 5.54. The minimum atomic E-state index is -0.699. The number of ketones is 1. The third kappa shape index (κ3) is 6.22.